The van der Waals surface area contributed by atoms with Gasteiger partial charge in [0.1, 0.15) is 5.00 Å². The summed E-state index contributed by atoms with van der Waals surface area (Å²) in [7, 11) is 1.27. The van der Waals surface area contributed by atoms with Gasteiger partial charge in [-0.25, -0.2) is 4.79 Å². The highest BCUT2D eigenvalue weighted by Crippen LogP contribution is 2.45. The number of aliphatic carboxylic acids is 1. The first-order valence-corrected chi connectivity index (χ1v) is 8.28. The summed E-state index contributed by atoms with van der Waals surface area (Å²) in [5.74, 6) is -3.29. The van der Waals surface area contributed by atoms with Crippen molar-refractivity contribution >= 4 is 34.2 Å². The standard InChI is InChI=1S/C16H17NO5S/c1-22-16(21)10-6-7-23-14(10)17-13(18)11-8-2-4-9(5-3-8)12(11)15(19)20/h2,4,6-9,11-12H,3,5H2,1H3,(H,17,18)(H,19,20)/t8-,9+,11-,12+/m1/s1. The summed E-state index contributed by atoms with van der Waals surface area (Å²) in [6.07, 6.45) is 5.49. The molecular formula is C16H17NO5S. The highest BCUT2D eigenvalue weighted by Gasteiger charge is 2.48. The van der Waals surface area contributed by atoms with E-state index in [-0.39, 0.29) is 23.3 Å². The van der Waals surface area contributed by atoms with Crippen molar-refractivity contribution in [3.05, 3.63) is 29.2 Å². The minimum absolute atomic E-state index is 0.0670. The van der Waals surface area contributed by atoms with E-state index in [1.54, 1.807) is 11.4 Å². The average Bonchev–Trinajstić information content (AvgIpc) is 3.02. The fourth-order valence-corrected chi connectivity index (χ4v) is 4.34. The van der Waals surface area contributed by atoms with E-state index < -0.39 is 23.8 Å². The molecule has 0 unspecified atom stereocenters. The summed E-state index contributed by atoms with van der Waals surface area (Å²) in [6, 6.07) is 1.58. The van der Waals surface area contributed by atoms with Crippen LogP contribution in [-0.2, 0) is 14.3 Å². The van der Waals surface area contributed by atoms with Crippen LogP contribution < -0.4 is 5.32 Å². The molecule has 0 spiro atoms. The number of anilines is 1. The Labute approximate surface area is 137 Å². The summed E-state index contributed by atoms with van der Waals surface area (Å²) < 4.78 is 4.68. The van der Waals surface area contributed by atoms with Gasteiger partial charge in [0.2, 0.25) is 5.91 Å². The number of rotatable bonds is 4. The molecule has 0 aromatic carbocycles. The van der Waals surface area contributed by atoms with Crippen molar-refractivity contribution in [2.75, 3.05) is 12.4 Å². The third kappa shape index (κ3) is 2.76. The lowest BCUT2D eigenvalue weighted by Gasteiger charge is -2.41. The molecule has 1 heterocycles. The molecule has 0 radical (unpaired) electrons. The van der Waals surface area contributed by atoms with Gasteiger partial charge in [-0.1, -0.05) is 12.2 Å². The number of carboxylic acids is 1. The molecule has 1 aromatic rings. The molecule has 1 saturated carbocycles. The lowest BCUT2D eigenvalue weighted by Crippen LogP contribution is -2.47. The number of allylic oxidation sites excluding steroid dienone is 2. The number of thiophene rings is 1. The molecule has 1 aromatic heterocycles. The number of nitrogens with one attached hydrogen (secondary N) is 1. The quantitative estimate of drug-likeness (QED) is 0.651. The van der Waals surface area contributed by atoms with Gasteiger partial charge in [-0.15, -0.1) is 11.3 Å². The molecule has 122 valence electrons. The van der Waals surface area contributed by atoms with E-state index in [4.69, 9.17) is 0 Å². The number of hydrogen-bond acceptors (Lipinski definition) is 5. The number of carbonyl (C=O) groups excluding carboxylic acids is 2. The van der Waals surface area contributed by atoms with E-state index in [9.17, 15) is 19.5 Å². The van der Waals surface area contributed by atoms with Crippen LogP contribution in [0.3, 0.4) is 0 Å². The summed E-state index contributed by atoms with van der Waals surface area (Å²) in [5, 5.41) is 14.3. The average molecular weight is 335 g/mol. The van der Waals surface area contributed by atoms with Crippen LogP contribution in [0.15, 0.2) is 23.6 Å². The first-order chi connectivity index (χ1) is 11.0. The largest absolute Gasteiger partial charge is 0.481 e. The van der Waals surface area contributed by atoms with Crippen LogP contribution in [0.25, 0.3) is 0 Å². The molecule has 4 atom stereocenters. The maximum atomic E-state index is 12.7. The van der Waals surface area contributed by atoms with Crippen molar-refractivity contribution in [3.8, 4) is 0 Å². The summed E-state index contributed by atoms with van der Waals surface area (Å²) >= 11 is 1.22. The zero-order chi connectivity index (χ0) is 16.6. The van der Waals surface area contributed by atoms with Gasteiger partial charge in [0.05, 0.1) is 24.5 Å². The van der Waals surface area contributed by atoms with Crippen LogP contribution in [0.5, 0.6) is 0 Å². The molecule has 0 saturated heterocycles. The number of hydrogen-bond donors (Lipinski definition) is 2. The smallest absolute Gasteiger partial charge is 0.340 e. The number of carboxylic acid groups (broad SMARTS) is 1. The van der Waals surface area contributed by atoms with Crippen LogP contribution in [-0.4, -0.2) is 30.1 Å². The summed E-state index contributed by atoms with van der Waals surface area (Å²) in [6.45, 7) is 0. The highest BCUT2D eigenvalue weighted by atomic mass is 32.1. The second-order valence-corrected chi connectivity index (χ2v) is 6.74. The zero-order valence-electron chi connectivity index (χ0n) is 12.5. The van der Waals surface area contributed by atoms with Crippen molar-refractivity contribution in [2.45, 2.75) is 12.8 Å². The number of methoxy groups -OCH3 is 1. The predicted molar refractivity (Wildman–Crippen MR) is 84.3 cm³/mol. The van der Waals surface area contributed by atoms with E-state index in [0.717, 1.165) is 12.8 Å². The summed E-state index contributed by atoms with van der Waals surface area (Å²) in [5.41, 5.74) is 0.286. The Hall–Kier alpha value is -2.15. The molecular weight excluding hydrogens is 318 g/mol. The maximum Gasteiger partial charge on any atom is 0.340 e. The Kier molecular flexibility index (Phi) is 4.21. The first-order valence-electron chi connectivity index (χ1n) is 7.40. The number of carbonyl (C=O) groups is 3. The number of ether oxygens (including phenoxy) is 1. The van der Waals surface area contributed by atoms with Crippen molar-refractivity contribution in [3.63, 3.8) is 0 Å². The topological polar surface area (TPSA) is 92.7 Å². The molecule has 2 N–H and O–H groups in total. The lowest BCUT2D eigenvalue weighted by molar-refractivity contribution is -0.151. The SMILES string of the molecule is COC(=O)c1ccsc1NC(=O)[C@H]1[C@@H](C(=O)O)[C@H]2C=C[C@@H]1CC2. The maximum absolute atomic E-state index is 12.7. The monoisotopic (exact) mass is 335 g/mol. The fourth-order valence-electron chi connectivity index (χ4n) is 3.56. The second kappa shape index (κ2) is 6.16. The van der Waals surface area contributed by atoms with E-state index in [1.807, 2.05) is 12.2 Å². The third-order valence-corrected chi connectivity index (χ3v) is 5.47. The van der Waals surface area contributed by atoms with Crippen LogP contribution in [0, 0.1) is 23.7 Å². The van der Waals surface area contributed by atoms with Gasteiger partial charge in [-0.2, -0.15) is 0 Å². The Morgan fingerprint density at radius 3 is 2.43 bits per heavy atom. The Bertz CT molecular complexity index is 680. The van der Waals surface area contributed by atoms with Crippen molar-refractivity contribution in [1.82, 2.24) is 0 Å². The lowest BCUT2D eigenvalue weighted by atomic mass is 9.62. The van der Waals surface area contributed by atoms with E-state index in [1.165, 1.54) is 18.4 Å². The van der Waals surface area contributed by atoms with Gasteiger partial charge < -0.3 is 15.2 Å². The van der Waals surface area contributed by atoms with Crippen molar-refractivity contribution in [1.29, 1.82) is 0 Å². The van der Waals surface area contributed by atoms with Crippen LogP contribution in [0.4, 0.5) is 5.00 Å². The normalized spacial score (nSPS) is 28.4. The van der Waals surface area contributed by atoms with Gasteiger partial charge in [-0.05, 0) is 36.1 Å². The molecule has 23 heavy (non-hydrogen) atoms. The third-order valence-electron chi connectivity index (χ3n) is 4.64. The minimum Gasteiger partial charge on any atom is -0.481 e. The highest BCUT2D eigenvalue weighted by molar-refractivity contribution is 7.14. The van der Waals surface area contributed by atoms with Gasteiger partial charge >= 0.3 is 11.9 Å². The molecule has 6 nitrogen and oxygen atoms in total. The van der Waals surface area contributed by atoms with Crippen LogP contribution >= 0.6 is 11.3 Å². The van der Waals surface area contributed by atoms with Crippen molar-refractivity contribution in [2.24, 2.45) is 23.7 Å². The van der Waals surface area contributed by atoms with E-state index >= 15 is 0 Å². The number of fused-ring (bicyclic) bond motifs is 2. The van der Waals surface area contributed by atoms with Crippen molar-refractivity contribution < 1.29 is 24.2 Å². The fraction of sp³-hybridized carbons (Fsp3) is 0.438. The van der Waals surface area contributed by atoms with Gasteiger partial charge in [0.15, 0.2) is 0 Å². The van der Waals surface area contributed by atoms with Gasteiger partial charge in [0.25, 0.3) is 0 Å². The first kappa shape index (κ1) is 15.7. The molecule has 3 aliphatic carbocycles. The Morgan fingerprint density at radius 1 is 1.22 bits per heavy atom. The molecule has 1 amide bonds. The molecule has 1 fully saturated rings. The Morgan fingerprint density at radius 2 is 1.87 bits per heavy atom. The Balaban J connectivity index is 1.83. The van der Waals surface area contributed by atoms with Crippen LogP contribution in [0.1, 0.15) is 23.2 Å². The van der Waals surface area contributed by atoms with Crippen LogP contribution in [0.2, 0.25) is 0 Å². The minimum atomic E-state index is -0.941. The predicted octanol–water partition coefficient (Wildman–Crippen LogP) is 2.39. The molecule has 3 aliphatic rings. The summed E-state index contributed by atoms with van der Waals surface area (Å²) in [4.78, 5) is 36.0. The second-order valence-electron chi connectivity index (χ2n) is 5.82. The molecule has 0 aliphatic heterocycles. The molecule has 7 heteroatoms. The van der Waals surface area contributed by atoms with Gasteiger partial charge in [0, 0.05) is 0 Å². The van der Waals surface area contributed by atoms with E-state index in [2.05, 4.69) is 10.1 Å². The molecule has 4 rings (SSSR count). The number of amides is 1. The zero-order valence-corrected chi connectivity index (χ0v) is 13.3. The van der Waals surface area contributed by atoms with Gasteiger partial charge in [-0.3, -0.25) is 9.59 Å². The van der Waals surface area contributed by atoms with E-state index in [0.29, 0.717) is 5.00 Å². The number of esters is 1. The molecule has 2 bridgehead atoms.